The SMILES string of the molecule is CCCCNC(=NCc1ccccc1Cn1cccn1)NCC.I. The van der Waals surface area contributed by atoms with Crippen molar-refractivity contribution in [1.82, 2.24) is 20.4 Å². The molecule has 0 radical (unpaired) electrons. The lowest BCUT2D eigenvalue weighted by atomic mass is 10.1. The van der Waals surface area contributed by atoms with Gasteiger partial charge in [0.25, 0.3) is 0 Å². The van der Waals surface area contributed by atoms with Gasteiger partial charge in [-0.25, -0.2) is 4.99 Å². The highest BCUT2D eigenvalue weighted by Crippen LogP contribution is 2.11. The number of guanidine groups is 1. The Balaban J connectivity index is 0.00000288. The van der Waals surface area contributed by atoms with Crippen LogP contribution >= 0.6 is 24.0 Å². The van der Waals surface area contributed by atoms with Crippen molar-refractivity contribution < 1.29 is 0 Å². The molecule has 0 bridgehead atoms. The molecule has 0 fully saturated rings. The predicted octanol–water partition coefficient (Wildman–Crippen LogP) is 3.40. The Hall–Kier alpha value is -1.57. The van der Waals surface area contributed by atoms with E-state index in [1.807, 2.05) is 23.1 Å². The number of aliphatic imine (C=N–C) groups is 1. The zero-order chi connectivity index (χ0) is 16.3. The summed E-state index contributed by atoms with van der Waals surface area (Å²) >= 11 is 0. The molecule has 1 heterocycles. The van der Waals surface area contributed by atoms with Crippen LogP contribution in [0.15, 0.2) is 47.7 Å². The molecular weight excluding hydrogens is 413 g/mol. The molecule has 2 rings (SSSR count). The van der Waals surface area contributed by atoms with Crippen LogP contribution in [0.5, 0.6) is 0 Å². The lowest BCUT2D eigenvalue weighted by Crippen LogP contribution is -2.37. The molecule has 0 unspecified atom stereocenters. The quantitative estimate of drug-likeness (QED) is 0.286. The number of rotatable bonds is 8. The molecule has 0 aliphatic heterocycles. The Morgan fingerprint density at radius 1 is 1.12 bits per heavy atom. The summed E-state index contributed by atoms with van der Waals surface area (Å²) in [4.78, 5) is 4.71. The summed E-state index contributed by atoms with van der Waals surface area (Å²) in [5.41, 5.74) is 2.49. The van der Waals surface area contributed by atoms with Gasteiger partial charge in [-0.1, -0.05) is 37.6 Å². The maximum Gasteiger partial charge on any atom is 0.191 e. The zero-order valence-corrected chi connectivity index (χ0v) is 16.9. The van der Waals surface area contributed by atoms with Gasteiger partial charge in [0.05, 0.1) is 13.1 Å². The molecule has 5 nitrogen and oxygen atoms in total. The molecule has 0 atom stereocenters. The van der Waals surface area contributed by atoms with Gasteiger partial charge in [0.2, 0.25) is 0 Å². The van der Waals surface area contributed by atoms with Gasteiger partial charge in [0.1, 0.15) is 0 Å². The number of hydrogen-bond acceptors (Lipinski definition) is 2. The van der Waals surface area contributed by atoms with Gasteiger partial charge in [-0.2, -0.15) is 5.10 Å². The number of benzene rings is 1. The number of unbranched alkanes of at least 4 members (excludes halogenated alkanes) is 1. The van der Waals surface area contributed by atoms with Crippen LogP contribution in [0.2, 0.25) is 0 Å². The van der Waals surface area contributed by atoms with Gasteiger partial charge in [-0.3, -0.25) is 4.68 Å². The first-order valence-electron chi connectivity index (χ1n) is 8.39. The normalized spacial score (nSPS) is 11.0. The molecule has 0 saturated carbocycles. The smallest absolute Gasteiger partial charge is 0.191 e. The van der Waals surface area contributed by atoms with Crippen molar-refractivity contribution in [2.24, 2.45) is 4.99 Å². The van der Waals surface area contributed by atoms with Crippen molar-refractivity contribution >= 4 is 29.9 Å². The second-order valence-electron chi connectivity index (χ2n) is 5.45. The largest absolute Gasteiger partial charge is 0.357 e. The molecule has 2 N–H and O–H groups in total. The van der Waals surface area contributed by atoms with Crippen molar-refractivity contribution in [3.05, 3.63) is 53.9 Å². The highest BCUT2D eigenvalue weighted by atomic mass is 127. The summed E-state index contributed by atoms with van der Waals surface area (Å²) < 4.78 is 1.94. The highest BCUT2D eigenvalue weighted by molar-refractivity contribution is 14.0. The molecule has 1 aromatic heterocycles. The summed E-state index contributed by atoms with van der Waals surface area (Å²) in [6.45, 7) is 7.54. The molecule has 0 spiro atoms. The van der Waals surface area contributed by atoms with E-state index in [2.05, 4.69) is 53.8 Å². The van der Waals surface area contributed by atoms with Crippen molar-refractivity contribution in [3.63, 3.8) is 0 Å². The lowest BCUT2D eigenvalue weighted by molar-refractivity contribution is 0.680. The zero-order valence-electron chi connectivity index (χ0n) is 14.5. The molecule has 0 saturated heterocycles. The Morgan fingerprint density at radius 2 is 1.92 bits per heavy atom. The summed E-state index contributed by atoms with van der Waals surface area (Å²) in [5, 5.41) is 11.0. The Bertz CT molecular complexity index is 595. The van der Waals surface area contributed by atoms with Gasteiger partial charge >= 0.3 is 0 Å². The number of aromatic nitrogens is 2. The lowest BCUT2D eigenvalue weighted by Gasteiger charge is -2.12. The minimum absolute atomic E-state index is 0. The van der Waals surface area contributed by atoms with Crippen molar-refractivity contribution in [1.29, 1.82) is 0 Å². The van der Waals surface area contributed by atoms with Gasteiger partial charge < -0.3 is 10.6 Å². The number of halogens is 1. The first-order chi connectivity index (χ1) is 11.3. The maximum atomic E-state index is 4.71. The van der Waals surface area contributed by atoms with Crippen LogP contribution in [0.4, 0.5) is 0 Å². The summed E-state index contributed by atoms with van der Waals surface area (Å²) in [7, 11) is 0. The maximum absolute atomic E-state index is 4.71. The third kappa shape index (κ3) is 6.90. The predicted molar refractivity (Wildman–Crippen MR) is 111 cm³/mol. The average Bonchev–Trinajstić information content (AvgIpc) is 3.07. The van der Waals surface area contributed by atoms with Crippen molar-refractivity contribution in [2.45, 2.75) is 39.8 Å². The summed E-state index contributed by atoms with van der Waals surface area (Å²) in [5.74, 6) is 0.884. The minimum atomic E-state index is 0. The van der Waals surface area contributed by atoms with E-state index < -0.39 is 0 Å². The average molecular weight is 441 g/mol. The molecule has 0 aliphatic rings. The van der Waals surface area contributed by atoms with E-state index in [0.717, 1.165) is 32.0 Å². The fourth-order valence-corrected chi connectivity index (χ4v) is 2.32. The van der Waals surface area contributed by atoms with E-state index in [1.54, 1.807) is 0 Å². The standard InChI is InChI=1S/C18H27N5.HI/c1-3-5-11-20-18(19-4-2)21-14-16-9-6-7-10-17(16)15-23-13-8-12-22-23;/h6-10,12-13H,3-5,11,14-15H2,1-2H3,(H2,19,20,21);1H. The summed E-state index contributed by atoms with van der Waals surface area (Å²) in [6.07, 6.45) is 6.12. The minimum Gasteiger partial charge on any atom is -0.357 e. The van der Waals surface area contributed by atoms with E-state index in [9.17, 15) is 0 Å². The highest BCUT2D eigenvalue weighted by Gasteiger charge is 2.03. The molecule has 132 valence electrons. The van der Waals surface area contributed by atoms with Crippen LogP contribution in [-0.4, -0.2) is 28.8 Å². The van der Waals surface area contributed by atoms with Crippen LogP contribution in [-0.2, 0) is 13.1 Å². The molecule has 2 aromatic rings. The molecule has 24 heavy (non-hydrogen) atoms. The Kier molecular flexibility index (Phi) is 10.1. The second kappa shape index (κ2) is 11.9. The molecular formula is C18H28IN5. The van der Waals surface area contributed by atoms with Crippen molar-refractivity contribution in [2.75, 3.05) is 13.1 Å². The van der Waals surface area contributed by atoms with Gasteiger partial charge in [0.15, 0.2) is 5.96 Å². The van der Waals surface area contributed by atoms with E-state index in [-0.39, 0.29) is 24.0 Å². The second-order valence-corrected chi connectivity index (χ2v) is 5.45. The number of nitrogens with zero attached hydrogens (tertiary/aromatic N) is 3. The summed E-state index contributed by atoms with van der Waals surface area (Å²) in [6, 6.07) is 10.4. The first kappa shape index (κ1) is 20.5. The van der Waals surface area contributed by atoms with Gasteiger partial charge in [-0.05, 0) is 30.5 Å². The number of hydrogen-bond donors (Lipinski definition) is 2. The third-order valence-corrected chi connectivity index (χ3v) is 3.58. The molecule has 6 heteroatoms. The third-order valence-electron chi connectivity index (χ3n) is 3.58. The monoisotopic (exact) mass is 441 g/mol. The number of nitrogens with one attached hydrogen (secondary N) is 2. The van der Waals surface area contributed by atoms with Crippen LogP contribution in [0, 0.1) is 0 Å². The van der Waals surface area contributed by atoms with Crippen LogP contribution in [0.25, 0.3) is 0 Å². The molecule has 0 aliphatic carbocycles. The van der Waals surface area contributed by atoms with E-state index in [0.29, 0.717) is 6.54 Å². The first-order valence-corrected chi connectivity index (χ1v) is 8.39. The van der Waals surface area contributed by atoms with Gasteiger partial charge in [-0.15, -0.1) is 24.0 Å². The van der Waals surface area contributed by atoms with Crippen LogP contribution in [0.3, 0.4) is 0 Å². The van der Waals surface area contributed by atoms with E-state index in [4.69, 9.17) is 4.99 Å². The topological polar surface area (TPSA) is 54.2 Å². The van der Waals surface area contributed by atoms with Crippen LogP contribution < -0.4 is 10.6 Å². The van der Waals surface area contributed by atoms with Gasteiger partial charge in [0, 0.05) is 25.5 Å². The Labute approximate surface area is 162 Å². The fraction of sp³-hybridized carbons (Fsp3) is 0.444. The fourth-order valence-electron chi connectivity index (χ4n) is 2.32. The van der Waals surface area contributed by atoms with Crippen molar-refractivity contribution in [3.8, 4) is 0 Å². The molecule has 1 aromatic carbocycles. The Morgan fingerprint density at radius 3 is 2.58 bits per heavy atom. The van der Waals surface area contributed by atoms with E-state index in [1.165, 1.54) is 17.5 Å². The van der Waals surface area contributed by atoms with Crippen LogP contribution in [0.1, 0.15) is 37.8 Å². The van der Waals surface area contributed by atoms with E-state index >= 15 is 0 Å². The molecule has 0 amide bonds.